The van der Waals surface area contributed by atoms with Crippen molar-refractivity contribution in [3.05, 3.63) is 29.8 Å². The number of hydrogen-bond acceptors (Lipinski definition) is 3. The summed E-state index contributed by atoms with van der Waals surface area (Å²) in [6.45, 7) is 5.32. The minimum Gasteiger partial charge on any atom is -0.496 e. The molecule has 0 amide bonds. The maximum atomic E-state index is 5.40. The Bertz CT molecular complexity index is 527. The quantitative estimate of drug-likeness (QED) is 0.539. The first-order valence-corrected chi connectivity index (χ1v) is 8.86. The molecule has 1 aliphatic rings. The smallest absolute Gasteiger partial charge is 0.191 e. The Hall–Kier alpha value is -1.75. The fourth-order valence-corrected chi connectivity index (χ4v) is 3.12. The van der Waals surface area contributed by atoms with E-state index in [2.05, 4.69) is 23.6 Å². The number of guanidine groups is 1. The number of nitrogens with zero attached hydrogens (tertiary/aromatic N) is 1. The van der Waals surface area contributed by atoms with Crippen molar-refractivity contribution in [3.63, 3.8) is 0 Å². The fraction of sp³-hybridized carbons (Fsp3) is 0.632. The second kappa shape index (κ2) is 9.52. The van der Waals surface area contributed by atoms with E-state index in [-0.39, 0.29) is 0 Å². The third kappa shape index (κ3) is 5.13. The molecule has 134 valence electrons. The van der Waals surface area contributed by atoms with Gasteiger partial charge in [0, 0.05) is 32.4 Å². The van der Waals surface area contributed by atoms with Crippen LogP contribution in [0.25, 0.3) is 0 Å². The van der Waals surface area contributed by atoms with E-state index >= 15 is 0 Å². The molecule has 1 aromatic carbocycles. The van der Waals surface area contributed by atoms with Gasteiger partial charge in [0.15, 0.2) is 5.96 Å². The van der Waals surface area contributed by atoms with Gasteiger partial charge in [0.1, 0.15) is 5.75 Å². The van der Waals surface area contributed by atoms with Crippen LogP contribution in [0, 0.1) is 5.41 Å². The molecule has 5 nitrogen and oxygen atoms in total. The summed E-state index contributed by atoms with van der Waals surface area (Å²) in [4.78, 5) is 4.72. The summed E-state index contributed by atoms with van der Waals surface area (Å²) in [5.41, 5.74) is 1.46. The van der Waals surface area contributed by atoms with E-state index in [1.54, 1.807) is 14.2 Å². The molecule has 24 heavy (non-hydrogen) atoms. The van der Waals surface area contributed by atoms with Crippen molar-refractivity contribution in [2.24, 2.45) is 10.4 Å². The molecule has 2 N–H and O–H groups in total. The number of aliphatic imine (C=N–C) groups is 1. The van der Waals surface area contributed by atoms with Gasteiger partial charge in [-0.3, -0.25) is 0 Å². The summed E-state index contributed by atoms with van der Waals surface area (Å²) < 4.78 is 10.7. The second-order valence-electron chi connectivity index (χ2n) is 6.46. The van der Waals surface area contributed by atoms with Gasteiger partial charge in [0.2, 0.25) is 0 Å². The zero-order valence-electron chi connectivity index (χ0n) is 15.2. The molecule has 2 rings (SSSR count). The number of para-hydroxylation sites is 1. The van der Waals surface area contributed by atoms with Gasteiger partial charge < -0.3 is 20.1 Å². The van der Waals surface area contributed by atoms with Crippen LogP contribution in [0.2, 0.25) is 0 Å². The maximum absolute atomic E-state index is 5.40. The monoisotopic (exact) mass is 333 g/mol. The third-order valence-corrected chi connectivity index (χ3v) is 4.83. The van der Waals surface area contributed by atoms with Gasteiger partial charge in [-0.15, -0.1) is 0 Å². The number of nitrogens with one attached hydrogen (secondary N) is 2. The molecule has 0 aromatic heterocycles. The van der Waals surface area contributed by atoms with Gasteiger partial charge in [-0.1, -0.05) is 24.6 Å². The van der Waals surface area contributed by atoms with Crippen molar-refractivity contribution < 1.29 is 9.47 Å². The van der Waals surface area contributed by atoms with Crippen molar-refractivity contribution >= 4 is 5.96 Å². The van der Waals surface area contributed by atoms with Crippen LogP contribution in [0.15, 0.2) is 29.3 Å². The highest BCUT2D eigenvalue weighted by Gasteiger charge is 2.36. The number of benzene rings is 1. The van der Waals surface area contributed by atoms with E-state index in [1.165, 1.54) is 19.3 Å². The van der Waals surface area contributed by atoms with Gasteiger partial charge in [0.05, 0.1) is 13.7 Å². The minimum absolute atomic E-state index is 0.372. The zero-order chi connectivity index (χ0) is 17.3. The van der Waals surface area contributed by atoms with Gasteiger partial charge in [0.25, 0.3) is 0 Å². The lowest BCUT2D eigenvalue weighted by molar-refractivity contribution is 0.0732. The van der Waals surface area contributed by atoms with Crippen LogP contribution in [0.3, 0.4) is 0 Å². The summed E-state index contributed by atoms with van der Waals surface area (Å²) in [5.74, 6) is 1.75. The predicted molar refractivity (Wildman–Crippen MR) is 98.6 cm³/mol. The van der Waals surface area contributed by atoms with E-state index in [1.807, 2.05) is 18.2 Å². The molecular weight excluding hydrogens is 302 g/mol. The maximum Gasteiger partial charge on any atom is 0.191 e. The van der Waals surface area contributed by atoms with E-state index in [4.69, 9.17) is 14.5 Å². The Morgan fingerprint density at radius 3 is 2.62 bits per heavy atom. The lowest BCUT2D eigenvalue weighted by Gasteiger charge is -2.42. The first-order chi connectivity index (χ1) is 11.7. The molecule has 0 unspecified atom stereocenters. The first-order valence-electron chi connectivity index (χ1n) is 8.86. The normalized spacial score (nSPS) is 16.4. The Morgan fingerprint density at radius 2 is 2.00 bits per heavy atom. The first kappa shape index (κ1) is 18.6. The summed E-state index contributed by atoms with van der Waals surface area (Å²) in [6.07, 6.45) is 4.98. The summed E-state index contributed by atoms with van der Waals surface area (Å²) in [5, 5.41) is 6.86. The second-order valence-corrected chi connectivity index (χ2v) is 6.46. The van der Waals surface area contributed by atoms with Crippen LogP contribution in [0.5, 0.6) is 5.75 Å². The van der Waals surface area contributed by atoms with Crippen LogP contribution in [-0.2, 0) is 11.3 Å². The van der Waals surface area contributed by atoms with Crippen LogP contribution in [0.1, 0.15) is 38.2 Å². The molecule has 0 aliphatic heterocycles. The minimum atomic E-state index is 0.372. The molecule has 0 heterocycles. The third-order valence-electron chi connectivity index (χ3n) is 4.83. The molecule has 0 atom stereocenters. The van der Waals surface area contributed by atoms with E-state index in [0.29, 0.717) is 12.0 Å². The zero-order valence-corrected chi connectivity index (χ0v) is 15.2. The van der Waals surface area contributed by atoms with Crippen LogP contribution in [-0.4, -0.2) is 39.9 Å². The highest BCUT2D eigenvalue weighted by molar-refractivity contribution is 5.79. The highest BCUT2D eigenvalue weighted by Crippen LogP contribution is 2.43. The largest absolute Gasteiger partial charge is 0.496 e. The molecule has 0 saturated heterocycles. The Kier molecular flexibility index (Phi) is 7.37. The van der Waals surface area contributed by atoms with Crippen LogP contribution < -0.4 is 15.4 Å². The van der Waals surface area contributed by atoms with Crippen LogP contribution in [0.4, 0.5) is 0 Å². The van der Waals surface area contributed by atoms with Gasteiger partial charge in [-0.05, 0) is 37.7 Å². The van der Waals surface area contributed by atoms with E-state index in [0.717, 1.165) is 43.4 Å². The molecule has 5 heteroatoms. The van der Waals surface area contributed by atoms with E-state index < -0.39 is 0 Å². The SMILES string of the molecule is CCNC(=NCc1ccccc1OC)NCC1(CCOC)CCC1. The average Bonchev–Trinajstić information content (AvgIpc) is 2.58. The van der Waals surface area contributed by atoms with Gasteiger partial charge in [-0.25, -0.2) is 4.99 Å². The van der Waals surface area contributed by atoms with E-state index in [9.17, 15) is 0 Å². The molecule has 0 bridgehead atoms. The number of hydrogen-bond donors (Lipinski definition) is 2. The number of rotatable bonds is 9. The summed E-state index contributed by atoms with van der Waals surface area (Å²) in [7, 11) is 3.47. The average molecular weight is 333 g/mol. The molecule has 1 saturated carbocycles. The molecule has 0 spiro atoms. The standard InChI is InChI=1S/C19H31N3O2/c1-4-20-18(21-14-16-8-5-6-9-17(16)24-3)22-15-19(10-7-11-19)12-13-23-2/h5-6,8-9H,4,7,10-15H2,1-3H3,(H2,20,21,22). The molecule has 1 aromatic rings. The van der Waals surface area contributed by atoms with Crippen molar-refractivity contribution in [3.8, 4) is 5.75 Å². The fourth-order valence-electron chi connectivity index (χ4n) is 3.12. The van der Waals surface area contributed by atoms with Crippen molar-refractivity contribution in [2.45, 2.75) is 39.2 Å². The van der Waals surface area contributed by atoms with Crippen molar-refractivity contribution in [1.82, 2.24) is 10.6 Å². The topological polar surface area (TPSA) is 54.9 Å². The Balaban J connectivity index is 1.95. The van der Waals surface area contributed by atoms with Gasteiger partial charge >= 0.3 is 0 Å². The van der Waals surface area contributed by atoms with Crippen molar-refractivity contribution in [1.29, 1.82) is 0 Å². The summed E-state index contributed by atoms with van der Waals surface area (Å²) >= 11 is 0. The molecule has 1 aliphatic carbocycles. The van der Waals surface area contributed by atoms with Crippen molar-refractivity contribution in [2.75, 3.05) is 33.9 Å². The predicted octanol–water partition coefficient (Wildman–Crippen LogP) is 2.96. The number of ether oxygens (including phenoxy) is 2. The lowest BCUT2D eigenvalue weighted by atomic mass is 9.67. The molecule has 0 radical (unpaired) electrons. The lowest BCUT2D eigenvalue weighted by Crippen LogP contribution is -2.46. The van der Waals surface area contributed by atoms with Crippen LogP contribution >= 0.6 is 0 Å². The highest BCUT2D eigenvalue weighted by atomic mass is 16.5. The van der Waals surface area contributed by atoms with Gasteiger partial charge in [-0.2, -0.15) is 0 Å². The summed E-state index contributed by atoms with van der Waals surface area (Å²) in [6, 6.07) is 8.02. The Morgan fingerprint density at radius 1 is 1.21 bits per heavy atom. The molecule has 1 fully saturated rings. The molecular formula is C19H31N3O2. The Labute approximate surface area is 145 Å². The number of methoxy groups -OCH3 is 2.